The van der Waals surface area contributed by atoms with Gasteiger partial charge < -0.3 is 30.4 Å². The molecule has 0 spiro atoms. The van der Waals surface area contributed by atoms with E-state index in [9.17, 15) is 25.2 Å². The van der Waals surface area contributed by atoms with Crippen LogP contribution in [0.3, 0.4) is 0 Å². The number of carbonyl (C=O) groups is 1. The van der Waals surface area contributed by atoms with E-state index in [0.717, 1.165) is 25.0 Å². The molecule has 0 aliphatic heterocycles. The largest absolute Gasteiger partial charge is 0.394 e. The Morgan fingerprint density at radius 2 is 1.26 bits per heavy atom. The van der Waals surface area contributed by atoms with Crippen molar-refractivity contribution in [3.63, 3.8) is 0 Å². The van der Waals surface area contributed by atoms with Gasteiger partial charge in [-0.15, -0.1) is 0 Å². The van der Waals surface area contributed by atoms with Gasteiger partial charge in [0.15, 0.2) is 0 Å². The molecular weight excluding hydrogens is 370 g/mol. The van der Waals surface area contributed by atoms with Gasteiger partial charge in [0, 0.05) is 20.0 Å². The van der Waals surface area contributed by atoms with Gasteiger partial charge >= 0.3 is 0 Å². The van der Waals surface area contributed by atoms with Crippen LogP contribution in [0, 0.1) is 0 Å². The molecule has 4 atom stereocenters. The average Bonchev–Trinajstić information content (AvgIpc) is 2.67. The summed E-state index contributed by atoms with van der Waals surface area (Å²) in [6.45, 7) is -0.878. The molecule has 0 aromatic heterocycles. The Balaban J connectivity index is 3.83. The van der Waals surface area contributed by atoms with Crippen molar-refractivity contribution in [3.8, 4) is 0 Å². The summed E-state index contributed by atoms with van der Waals surface area (Å²) in [6, 6.07) is 0. The predicted octanol–water partition coefficient (Wildman–Crippen LogP) is 0.711. The molecule has 0 aliphatic rings. The van der Waals surface area contributed by atoms with Crippen LogP contribution >= 0.6 is 12.6 Å². The highest BCUT2D eigenvalue weighted by Crippen LogP contribution is 2.12. The maximum absolute atomic E-state index is 12.1. The number of hydrogen-bond donors (Lipinski definition) is 6. The van der Waals surface area contributed by atoms with E-state index in [1.54, 1.807) is 0 Å². The number of likely N-dealkylation sites (N-methyl/N-ethyl adjacent to an activating group) is 1. The van der Waals surface area contributed by atoms with E-state index in [1.165, 1.54) is 50.5 Å². The van der Waals surface area contributed by atoms with Crippen LogP contribution in [0.25, 0.3) is 0 Å². The second-order valence-electron chi connectivity index (χ2n) is 7.23. The quantitative estimate of drug-likeness (QED) is 0.155. The van der Waals surface area contributed by atoms with Crippen molar-refractivity contribution in [1.82, 2.24) is 4.90 Å². The summed E-state index contributed by atoms with van der Waals surface area (Å²) in [5.41, 5.74) is 0. The molecule has 8 heteroatoms. The zero-order valence-electron chi connectivity index (χ0n) is 16.5. The first-order chi connectivity index (χ1) is 12.8. The maximum Gasteiger partial charge on any atom is 0.222 e. The maximum atomic E-state index is 12.1. The molecule has 5 N–H and O–H groups in total. The SMILES string of the molecule is CN(C[C@H](O)[C@@H](O)[C@H](O)[C@H](O)CO)C(=O)CCCCCCCCCCCS. The monoisotopic (exact) mass is 409 g/mol. The van der Waals surface area contributed by atoms with Gasteiger partial charge in [-0.25, -0.2) is 0 Å². The minimum Gasteiger partial charge on any atom is -0.394 e. The van der Waals surface area contributed by atoms with Crippen molar-refractivity contribution in [1.29, 1.82) is 0 Å². The van der Waals surface area contributed by atoms with Crippen LogP contribution in [0.1, 0.15) is 64.2 Å². The molecule has 27 heavy (non-hydrogen) atoms. The van der Waals surface area contributed by atoms with Crippen LogP contribution in [0.4, 0.5) is 0 Å². The average molecular weight is 410 g/mol. The molecule has 0 heterocycles. The molecule has 0 aromatic carbocycles. The first kappa shape index (κ1) is 26.6. The normalized spacial score (nSPS) is 16.0. The van der Waals surface area contributed by atoms with Gasteiger partial charge in [0.05, 0.1) is 6.61 Å². The number of carbonyl (C=O) groups excluding carboxylic acids is 1. The Hall–Kier alpha value is -0.380. The van der Waals surface area contributed by atoms with Crippen molar-refractivity contribution < 1.29 is 30.3 Å². The Kier molecular flexibility index (Phi) is 16.3. The van der Waals surface area contributed by atoms with Gasteiger partial charge in [0.25, 0.3) is 0 Å². The molecule has 0 bridgehead atoms. The van der Waals surface area contributed by atoms with Gasteiger partial charge in [-0.3, -0.25) is 4.79 Å². The van der Waals surface area contributed by atoms with Crippen LogP contribution < -0.4 is 0 Å². The van der Waals surface area contributed by atoms with E-state index in [2.05, 4.69) is 12.6 Å². The molecule has 0 fully saturated rings. The summed E-state index contributed by atoms with van der Waals surface area (Å²) in [4.78, 5) is 13.4. The van der Waals surface area contributed by atoms with Gasteiger partial charge in [-0.05, 0) is 18.6 Å². The predicted molar refractivity (Wildman–Crippen MR) is 109 cm³/mol. The summed E-state index contributed by atoms with van der Waals surface area (Å²) < 4.78 is 0. The second kappa shape index (κ2) is 16.6. The lowest BCUT2D eigenvalue weighted by molar-refractivity contribution is -0.138. The van der Waals surface area contributed by atoms with E-state index in [1.807, 2.05) is 0 Å². The van der Waals surface area contributed by atoms with Crippen molar-refractivity contribution in [2.45, 2.75) is 88.6 Å². The molecule has 0 radical (unpaired) electrons. The van der Waals surface area contributed by atoms with E-state index in [0.29, 0.717) is 6.42 Å². The second-order valence-corrected chi connectivity index (χ2v) is 7.68. The highest BCUT2D eigenvalue weighted by molar-refractivity contribution is 7.80. The number of amides is 1. The summed E-state index contributed by atoms with van der Waals surface area (Å²) in [6.07, 6.45) is 4.36. The van der Waals surface area contributed by atoms with E-state index >= 15 is 0 Å². The topological polar surface area (TPSA) is 121 Å². The van der Waals surface area contributed by atoms with Gasteiger partial charge in [0.2, 0.25) is 5.91 Å². The molecule has 0 rings (SSSR count). The number of hydrogen-bond acceptors (Lipinski definition) is 7. The zero-order valence-corrected chi connectivity index (χ0v) is 17.4. The number of nitrogens with zero attached hydrogens (tertiary/aromatic N) is 1. The Labute approximate surface area is 168 Å². The fourth-order valence-electron chi connectivity index (χ4n) is 2.87. The fraction of sp³-hybridized carbons (Fsp3) is 0.947. The first-order valence-electron chi connectivity index (χ1n) is 10.0. The molecule has 1 amide bonds. The lowest BCUT2D eigenvalue weighted by atomic mass is 10.0. The summed E-state index contributed by atoms with van der Waals surface area (Å²) >= 11 is 4.19. The third-order valence-electron chi connectivity index (χ3n) is 4.76. The smallest absolute Gasteiger partial charge is 0.222 e. The molecular formula is C19H39NO6S. The van der Waals surface area contributed by atoms with Gasteiger partial charge in [-0.1, -0.05) is 44.9 Å². The number of unbranched alkanes of at least 4 members (excludes halogenated alkanes) is 8. The van der Waals surface area contributed by atoms with Crippen LogP contribution in [0.2, 0.25) is 0 Å². The Morgan fingerprint density at radius 1 is 0.815 bits per heavy atom. The molecule has 0 saturated carbocycles. The van der Waals surface area contributed by atoms with E-state index in [-0.39, 0.29) is 12.5 Å². The number of rotatable bonds is 17. The van der Waals surface area contributed by atoms with Crippen LogP contribution in [-0.2, 0) is 4.79 Å². The number of thiol groups is 1. The molecule has 162 valence electrons. The molecule has 0 aromatic rings. The third-order valence-corrected chi connectivity index (χ3v) is 5.08. The highest BCUT2D eigenvalue weighted by atomic mass is 32.1. The van der Waals surface area contributed by atoms with Crippen molar-refractivity contribution in [3.05, 3.63) is 0 Å². The highest BCUT2D eigenvalue weighted by Gasteiger charge is 2.31. The number of aliphatic hydroxyl groups is 5. The lowest BCUT2D eigenvalue weighted by Gasteiger charge is -2.28. The van der Waals surface area contributed by atoms with Gasteiger partial charge in [-0.2, -0.15) is 12.6 Å². The molecule has 0 aliphatic carbocycles. The van der Waals surface area contributed by atoms with Crippen molar-refractivity contribution >= 4 is 18.5 Å². The van der Waals surface area contributed by atoms with Crippen LogP contribution in [0.5, 0.6) is 0 Å². The van der Waals surface area contributed by atoms with E-state index in [4.69, 9.17) is 5.11 Å². The van der Waals surface area contributed by atoms with Crippen molar-refractivity contribution in [2.75, 3.05) is 26.0 Å². The Bertz CT molecular complexity index is 374. The number of aliphatic hydroxyl groups excluding tert-OH is 5. The Morgan fingerprint density at radius 3 is 1.74 bits per heavy atom. The minimum absolute atomic E-state index is 0.134. The summed E-state index contributed by atoms with van der Waals surface area (Å²) in [7, 11) is 1.53. The van der Waals surface area contributed by atoms with Crippen LogP contribution in [0.15, 0.2) is 0 Å². The standard InChI is InChI=1S/C19H39NO6S/c1-20(13-15(22)18(25)19(26)16(23)14-21)17(24)11-9-7-5-3-2-4-6-8-10-12-27/h15-16,18-19,21-23,25-27H,2-14H2,1H3/t15-,16+,18+,19+/m0/s1. The first-order valence-corrected chi connectivity index (χ1v) is 10.7. The molecule has 0 unspecified atom stereocenters. The van der Waals surface area contributed by atoms with Crippen molar-refractivity contribution in [2.24, 2.45) is 0 Å². The van der Waals surface area contributed by atoms with Gasteiger partial charge in [0.1, 0.15) is 24.4 Å². The van der Waals surface area contributed by atoms with E-state index < -0.39 is 31.0 Å². The minimum atomic E-state index is -1.67. The lowest BCUT2D eigenvalue weighted by Crippen LogP contribution is -2.49. The summed E-state index contributed by atoms with van der Waals surface area (Å²) in [5, 5.41) is 47.3. The fourth-order valence-corrected chi connectivity index (χ4v) is 3.09. The third kappa shape index (κ3) is 12.6. The molecule has 7 nitrogen and oxygen atoms in total. The zero-order chi connectivity index (χ0) is 20.7. The summed E-state index contributed by atoms with van der Waals surface area (Å²) in [5.74, 6) is 0.828. The van der Waals surface area contributed by atoms with Crippen LogP contribution in [-0.4, -0.2) is 86.7 Å². The molecule has 0 saturated heterocycles.